The minimum atomic E-state index is 0.174. The van der Waals surface area contributed by atoms with E-state index in [1.165, 1.54) is 12.8 Å². The maximum Gasteiger partial charge on any atom is 0.136 e. The van der Waals surface area contributed by atoms with Crippen molar-refractivity contribution in [3.05, 3.63) is 11.4 Å². The average molecular weight is 278 g/mol. The molecule has 112 valence electrons. The Hall–Kier alpha value is -1.36. The standard InChI is InChI=1S/C15H26N4O/c1-5-16-13-10(3)14(17-11(4)9(2)8-20)19-15(18-13)12-6-7-12/h9,11-12,20H,5-8H2,1-4H3,(H2,16,17,18,19). The molecule has 0 aromatic carbocycles. The number of aliphatic hydroxyl groups excluding tert-OH is 1. The number of hydrogen-bond donors (Lipinski definition) is 3. The number of hydrogen-bond acceptors (Lipinski definition) is 5. The SMILES string of the molecule is CCNc1nc(C2CC2)nc(NC(C)C(C)CO)c1C. The van der Waals surface area contributed by atoms with Gasteiger partial charge >= 0.3 is 0 Å². The molecular formula is C15H26N4O. The Balaban J connectivity index is 2.25. The first-order valence-electron chi connectivity index (χ1n) is 7.56. The van der Waals surface area contributed by atoms with E-state index in [1.54, 1.807) is 0 Å². The zero-order valence-electron chi connectivity index (χ0n) is 12.9. The van der Waals surface area contributed by atoms with Crippen molar-refractivity contribution < 1.29 is 5.11 Å². The lowest BCUT2D eigenvalue weighted by atomic mass is 10.1. The molecule has 1 fully saturated rings. The van der Waals surface area contributed by atoms with Gasteiger partial charge in [0.1, 0.15) is 17.5 Å². The number of anilines is 2. The fourth-order valence-electron chi connectivity index (χ4n) is 2.05. The van der Waals surface area contributed by atoms with E-state index in [0.717, 1.165) is 29.6 Å². The second-order valence-corrected chi connectivity index (χ2v) is 5.80. The van der Waals surface area contributed by atoms with Gasteiger partial charge in [-0.25, -0.2) is 9.97 Å². The number of rotatable bonds is 7. The third-order valence-corrected chi connectivity index (χ3v) is 3.96. The Morgan fingerprint density at radius 1 is 1.25 bits per heavy atom. The number of aliphatic hydroxyl groups is 1. The lowest BCUT2D eigenvalue weighted by Gasteiger charge is -2.22. The molecule has 0 amide bonds. The van der Waals surface area contributed by atoms with Crippen LogP contribution in [0.5, 0.6) is 0 Å². The van der Waals surface area contributed by atoms with Crippen LogP contribution in [-0.2, 0) is 0 Å². The van der Waals surface area contributed by atoms with Crippen molar-refractivity contribution in [3.8, 4) is 0 Å². The molecule has 0 spiro atoms. The van der Waals surface area contributed by atoms with Crippen LogP contribution in [0, 0.1) is 12.8 Å². The Bertz CT molecular complexity index is 459. The first-order chi connectivity index (χ1) is 9.56. The van der Waals surface area contributed by atoms with Gasteiger partial charge in [0.2, 0.25) is 0 Å². The van der Waals surface area contributed by atoms with Crippen molar-refractivity contribution in [2.45, 2.75) is 52.5 Å². The predicted octanol–water partition coefficient (Wildman–Crippen LogP) is 2.52. The van der Waals surface area contributed by atoms with Crippen molar-refractivity contribution in [2.24, 2.45) is 5.92 Å². The van der Waals surface area contributed by atoms with Gasteiger partial charge in [0, 0.05) is 30.7 Å². The van der Waals surface area contributed by atoms with Crippen LogP contribution in [0.2, 0.25) is 0 Å². The molecule has 1 aromatic heterocycles. The van der Waals surface area contributed by atoms with Gasteiger partial charge in [-0.2, -0.15) is 0 Å². The largest absolute Gasteiger partial charge is 0.396 e. The summed E-state index contributed by atoms with van der Waals surface area (Å²) in [5.41, 5.74) is 1.05. The van der Waals surface area contributed by atoms with Crippen LogP contribution in [0.1, 0.15) is 50.9 Å². The summed E-state index contributed by atoms with van der Waals surface area (Å²) in [5, 5.41) is 16.0. The van der Waals surface area contributed by atoms with Crippen LogP contribution in [0.4, 0.5) is 11.6 Å². The van der Waals surface area contributed by atoms with Crippen molar-refractivity contribution in [1.29, 1.82) is 0 Å². The first-order valence-corrected chi connectivity index (χ1v) is 7.56. The van der Waals surface area contributed by atoms with Crippen molar-refractivity contribution in [3.63, 3.8) is 0 Å². The van der Waals surface area contributed by atoms with Gasteiger partial charge in [-0.1, -0.05) is 6.92 Å². The van der Waals surface area contributed by atoms with Crippen LogP contribution in [0.15, 0.2) is 0 Å². The highest BCUT2D eigenvalue weighted by Gasteiger charge is 2.28. The fraction of sp³-hybridized carbons (Fsp3) is 0.733. The smallest absolute Gasteiger partial charge is 0.136 e. The highest BCUT2D eigenvalue weighted by Crippen LogP contribution is 2.39. The van der Waals surface area contributed by atoms with Crippen LogP contribution in [0.3, 0.4) is 0 Å². The molecule has 1 aliphatic rings. The lowest BCUT2D eigenvalue weighted by Crippen LogP contribution is -2.27. The molecule has 1 aliphatic carbocycles. The number of nitrogens with zero attached hydrogens (tertiary/aromatic N) is 2. The Kier molecular flexibility index (Phi) is 4.81. The first kappa shape index (κ1) is 15.0. The van der Waals surface area contributed by atoms with Gasteiger partial charge in [-0.15, -0.1) is 0 Å². The molecule has 2 unspecified atom stereocenters. The molecule has 1 heterocycles. The fourth-order valence-corrected chi connectivity index (χ4v) is 2.05. The van der Waals surface area contributed by atoms with Crippen LogP contribution < -0.4 is 10.6 Å². The summed E-state index contributed by atoms with van der Waals surface area (Å²) in [4.78, 5) is 9.34. The molecule has 5 heteroatoms. The van der Waals surface area contributed by atoms with E-state index in [0.29, 0.717) is 5.92 Å². The molecule has 5 nitrogen and oxygen atoms in total. The van der Waals surface area contributed by atoms with E-state index in [2.05, 4.69) is 29.5 Å². The van der Waals surface area contributed by atoms with Crippen molar-refractivity contribution >= 4 is 11.6 Å². The molecule has 2 atom stereocenters. The van der Waals surface area contributed by atoms with Crippen LogP contribution in [-0.4, -0.2) is 34.3 Å². The lowest BCUT2D eigenvalue weighted by molar-refractivity contribution is 0.226. The Labute approximate surface area is 121 Å². The number of nitrogens with one attached hydrogen (secondary N) is 2. The Morgan fingerprint density at radius 3 is 2.45 bits per heavy atom. The molecular weight excluding hydrogens is 252 g/mol. The molecule has 20 heavy (non-hydrogen) atoms. The zero-order chi connectivity index (χ0) is 14.7. The minimum absolute atomic E-state index is 0.174. The maximum absolute atomic E-state index is 9.26. The second-order valence-electron chi connectivity index (χ2n) is 5.80. The van der Waals surface area contributed by atoms with E-state index in [1.807, 2.05) is 13.8 Å². The van der Waals surface area contributed by atoms with Gasteiger partial charge in [-0.3, -0.25) is 0 Å². The average Bonchev–Trinajstić information content (AvgIpc) is 3.26. The quantitative estimate of drug-likeness (QED) is 0.715. The molecule has 0 saturated heterocycles. The van der Waals surface area contributed by atoms with Gasteiger partial charge in [0.05, 0.1) is 0 Å². The second kappa shape index (κ2) is 6.39. The van der Waals surface area contributed by atoms with E-state index in [4.69, 9.17) is 4.98 Å². The molecule has 1 aromatic rings. The van der Waals surface area contributed by atoms with Gasteiger partial charge in [-0.05, 0) is 39.5 Å². The molecule has 0 bridgehead atoms. The molecule has 0 aliphatic heterocycles. The van der Waals surface area contributed by atoms with Crippen molar-refractivity contribution in [1.82, 2.24) is 9.97 Å². The maximum atomic E-state index is 9.26. The van der Waals surface area contributed by atoms with E-state index >= 15 is 0 Å². The van der Waals surface area contributed by atoms with E-state index in [9.17, 15) is 5.11 Å². The minimum Gasteiger partial charge on any atom is -0.396 e. The predicted molar refractivity (Wildman–Crippen MR) is 82.2 cm³/mol. The van der Waals surface area contributed by atoms with Crippen molar-refractivity contribution in [2.75, 3.05) is 23.8 Å². The summed E-state index contributed by atoms with van der Waals surface area (Å²) in [7, 11) is 0. The highest BCUT2D eigenvalue weighted by molar-refractivity contribution is 5.58. The van der Waals surface area contributed by atoms with Gasteiger partial charge < -0.3 is 15.7 Å². The summed E-state index contributed by atoms with van der Waals surface area (Å²) >= 11 is 0. The molecule has 3 N–H and O–H groups in total. The molecule has 0 radical (unpaired) electrons. The third-order valence-electron chi connectivity index (χ3n) is 3.96. The normalized spacial score (nSPS) is 17.6. The highest BCUT2D eigenvalue weighted by atomic mass is 16.3. The van der Waals surface area contributed by atoms with Gasteiger partial charge in [0.25, 0.3) is 0 Å². The van der Waals surface area contributed by atoms with E-state index in [-0.39, 0.29) is 18.6 Å². The number of aromatic nitrogens is 2. The zero-order valence-corrected chi connectivity index (χ0v) is 12.9. The summed E-state index contributed by atoms with van der Waals surface area (Å²) < 4.78 is 0. The summed E-state index contributed by atoms with van der Waals surface area (Å²) in [6.07, 6.45) is 2.38. The third kappa shape index (κ3) is 3.39. The molecule has 2 rings (SSSR count). The topological polar surface area (TPSA) is 70.1 Å². The van der Waals surface area contributed by atoms with Crippen LogP contribution >= 0.6 is 0 Å². The summed E-state index contributed by atoms with van der Waals surface area (Å²) in [6, 6.07) is 0.176. The summed E-state index contributed by atoms with van der Waals surface area (Å²) in [5.74, 6) is 3.48. The summed E-state index contributed by atoms with van der Waals surface area (Å²) in [6.45, 7) is 9.24. The molecule has 1 saturated carbocycles. The Morgan fingerprint density at radius 2 is 1.90 bits per heavy atom. The monoisotopic (exact) mass is 278 g/mol. The van der Waals surface area contributed by atoms with Gasteiger partial charge in [0.15, 0.2) is 0 Å². The van der Waals surface area contributed by atoms with Crippen LogP contribution in [0.25, 0.3) is 0 Å². The van der Waals surface area contributed by atoms with E-state index < -0.39 is 0 Å².